The highest BCUT2D eigenvalue weighted by Crippen LogP contribution is 2.25. The average Bonchev–Trinajstić information content (AvgIpc) is 3.42. The molecule has 2 aromatic carbocycles. The van der Waals surface area contributed by atoms with Gasteiger partial charge in [-0.25, -0.2) is 0 Å². The van der Waals surface area contributed by atoms with Crippen molar-refractivity contribution in [1.82, 2.24) is 30.0 Å². The molecule has 6 rings (SSSR count). The lowest BCUT2D eigenvalue weighted by Crippen LogP contribution is -2.35. The molecule has 1 aliphatic heterocycles. The van der Waals surface area contributed by atoms with Gasteiger partial charge in [0.15, 0.2) is 17.2 Å². The highest BCUT2D eigenvalue weighted by Gasteiger charge is 2.21. The number of carbonyl (C=O) groups is 1. The van der Waals surface area contributed by atoms with Crippen LogP contribution in [0, 0.1) is 5.92 Å². The molecule has 184 valence electrons. The van der Waals surface area contributed by atoms with Crippen LogP contribution in [0.5, 0.6) is 0 Å². The van der Waals surface area contributed by atoms with Gasteiger partial charge in [0.1, 0.15) is 6.33 Å². The fourth-order valence-corrected chi connectivity index (χ4v) is 4.76. The van der Waals surface area contributed by atoms with Crippen molar-refractivity contribution in [3.8, 4) is 11.3 Å². The van der Waals surface area contributed by atoms with E-state index in [1.54, 1.807) is 16.9 Å². The second-order valence-corrected chi connectivity index (χ2v) is 9.28. The van der Waals surface area contributed by atoms with Crippen LogP contribution in [0.15, 0.2) is 85.2 Å². The average molecular weight is 491 g/mol. The Morgan fingerprint density at radius 1 is 0.892 bits per heavy atom. The number of piperidine rings is 1. The molecule has 0 aliphatic carbocycles. The van der Waals surface area contributed by atoms with Crippen LogP contribution in [0.2, 0.25) is 0 Å². The quantitative estimate of drug-likeness (QED) is 0.379. The molecule has 9 heteroatoms. The van der Waals surface area contributed by atoms with Gasteiger partial charge in [-0.2, -0.15) is 9.61 Å². The third-order valence-corrected chi connectivity index (χ3v) is 6.77. The molecule has 5 aromatic rings. The summed E-state index contributed by atoms with van der Waals surface area (Å²) in [7, 11) is 0. The third-order valence-electron chi connectivity index (χ3n) is 6.77. The zero-order chi connectivity index (χ0) is 25.0. The van der Waals surface area contributed by atoms with Gasteiger partial charge >= 0.3 is 0 Å². The predicted octanol–water partition coefficient (Wildman–Crippen LogP) is 4.29. The molecule has 0 bridgehead atoms. The van der Waals surface area contributed by atoms with Gasteiger partial charge < -0.3 is 10.2 Å². The fourth-order valence-electron chi connectivity index (χ4n) is 4.76. The minimum Gasteiger partial charge on any atom is -0.355 e. The van der Waals surface area contributed by atoms with Crippen LogP contribution in [0.1, 0.15) is 28.9 Å². The Morgan fingerprint density at radius 2 is 1.76 bits per heavy atom. The molecule has 1 amide bonds. The van der Waals surface area contributed by atoms with Crippen molar-refractivity contribution in [2.45, 2.75) is 19.3 Å². The fraction of sp³-hybridized carbons (Fsp3) is 0.214. The number of aromatic nitrogens is 6. The summed E-state index contributed by atoms with van der Waals surface area (Å²) in [5.74, 6) is 1.19. The van der Waals surface area contributed by atoms with Gasteiger partial charge in [0, 0.05) is 24.3 Å². The number of hydrogen-bond acceptors (Lipinski definition) is 7. The number of nitrogens with zero attached hydrogens (tertiary/aromatic N) is 7. The summed E-state index contributed by atoms with van der Waals surface area (Å²) in [6.45, 7) is 1.89. The first-order valence-electron chi connectivity index (χ1n) is 12.4. The lowest BCUT2D eigenvalue weighted by atomic mass is 9.90. The highest BCUT2D eigenvalue weighted by atomic mass is 16.1. The van der Waals surface area contributed by atoms with Gasteiger partial charge in [0.25, 0.3) is 5.91 Å². The number of benzene rings is 2. The Balaban J connectivity index is 1.07. The Hall–Kier alpha value is -4.66. The predicted molar refractivity (Wildman–Crippen MR) is 141 cm³/mol. The summed E-state index contributed by atoms with van der Waals surface area (Å²) in [4.78, 5) is 15.1. The first-order chi connectivity index (χ1) is 18.2. The van der Waals surface area contributed by atoms with E-state index < -0.39 is 0 Å². The highest BCUT2D eigenvalue weighted by molar-refractivity contribution is 6.03. The van der Waals surface area contributed by atoms with Crippen LogP contribution in [-0.2, 0) is 6.42 Å². The molecule has 0 atom stereocenters. The van der Waals surface area contributed by atoms with Gasteiger partial charge in [-0.1, -0.05) is 42.5 Å². The number of rotatable bonds is 6. The van der Waals surface area contributed by atoms with Crippen molar-refractivity contribution >= 4 is 23.1 Å². The van der Waals surface area contributed by atoms with E-state index in [9.17, 15) is 4.79 Å². The molecule has 1 N–H and O–H groups in total. The molecule has 1 fully saturated rings. The first-order valence-corrected chi connectivity index (χ1v) is 12.4. The summed E-state index contributed by atoms with van der Waals surface area (Å²) in [6.07, 6.45) is 4.91. The number of anilines is 2. The summed E-state index contributed by atoms with van der Waals surface area (Å²) >= 11 is 0. The van der Waals surface area contributed by atoms with Crippen molar-refractivity contribution < 1.29 is 4.79 Å². The summed E-state index contributed by atoms with van der Waals surface area (Å²) < 4.78 is 1.61. The third kappa shape index (κ3) is 5.16. The lowest BCUT2D eigenvalue weighted by molar-refractivity contribution is 0.102. The number of nitrogens with one attached hydrogen (secondary N) is 1. The first kappa shape index (κ1) is 22.8. The second kappa shape index (κ2) is 10.1. The Kier molecular flexibility index (Phi) is 6.24. The molecule has 0 saturated carbocycles. The molecule has 0 spiro atoms. The number of carbonyl (C=O) groups excluding carboxylic acids is 1. The topological polar surface area (TPSA) is 101 Å². The maximum absolute atomic E-state index is 12.8. The molecule has 0 radical (unpaired) electrons. The van der Waals surface area contributed by atoms with E-state index in [1.165, 1.54) is 5.56 Å². The molecular formula is C28H26N8O. The van der Waals surface area contributed by atoms with E-state index in [0.29, 0.717) is 17.3 Å². The molecule has 37 heavy (non-hydrogen) atoms. The van der Waals surface area contributed by atoms with Crippen molar-refractivity contribution in [3.63, 3.8) is 0 Å². The Bertz CT molecular complexity index is 1510. The Labute approximate surface area is 214 Å². The van der Waals surface area contributed by atoms with E-state index >= 15 is 0 Å². The van der Waals surface area contributed by atoms with Gasteiger partial charge in [0.2, 0.25) is 0 Å². The summed E-state index contributed by atoms with van der Waals surface area (Å²) in [6, 6.07) is 25.5. The van der Waals surface area contributed by atoms with Gasteiger partial charge in [-0.3, -0.25) is 4.79 Å². The molecule has 1 saturated heterocycles. The zero-order valence-corrected chi connectivity index (χ0v) is 20.2. The maximum Gasteiger partial charge on any atom is 0.276 e. The van der Waals surface area contributed by atoms with Crippen LogP contribution < -0.4 is 10.2 Å². The summed E-state index contributed by atoms with van der Waals surface area (Å²) in [5.41, 5.74) is 4.61. The minimum absolute atomic E-state index is 0.275. The van der Waals surface area contributed by atoms with E-state index in [1.807, 2.05) is 42.5 Å². The molecule has 1 aliphatic rings. The van der Waals surface area contributed by atoms with Crippen LogP contribution >= 0.6 is 0 Å². The van der Waals surface area contributed by atoms with Crippen molar-refractivity contribution in [3.05, 3.63) is 96.4 Å². The Morgan fingerprint density at radius 3 is 2.57 bits per heavy atom. The summed E-state index contributed by atoms with van der Waals surface area (Å²) in [5, 5.41) is 23.8. The standard InChI is InChI=1S/C28H26N8O/c37-28(30-23-8-4-7-22(18-23)24-9-12-27-32-29-19-36(27)34-24)25-10-11-26(33-31-25)35-15-13-21(14-16-35)17-20-5-2-1-3-6-20/h1-12,18-19,21H,13-17H2,(H,30,37). The van der Waals surface area contributed by atoms with E-state index in [-0.39, 0.29) is 11.6 Å². The van der Waals surface area contributed by atoms with Crippen LogP contribution in [0.25, 0.3) is 16.9 Å². The zero-order valence-electron chi connectivity index (χ0n) is 20.2. The molecule has 0 unspecified atom stereocenters. The van der Waals surface area contributed by atoms with Gasteiger partial charge in [0.05, 0.1) is 5.69 Å². The van der Waals surface area contributed by atoms with Crippen molar-refractivity contribution in [1.29, 1.82) is 0 Å². The number of hydrogen-bond donors (Lipinski definition) is 1. The number of amides is 1. The lowest BCUT2D eigenvalue weighted by Gasteiger charge is -2.32. The minimum atomic E-state index is -0.306. The largest absolute Gasteiger partial charge is 0.355 e. The number of fused-ring (bicyclic) bond motifs is 1. The van der Waals surface area contributed by atoms with Crippen LogP contribution in [0.3, 0.4) is 0 Å². The maximum atomic E-state index is 12.8. The van der Waals surface area contributed by atoms with E-state index in [4.69, 9.17) is 0 Å². The molecule has 4 heterocycles. The van der Waals surface area contributed by atoms with Crippen molar-refractivity contribution in [2.75, 3.05) is 23.3 Å². The molecule has 9 nitrogen and oxygen atoms in total. The van der Waals surface area contributed by atoms with E-state index in [2.05, 4.69) is 66.0 Å². The smallest absolute Gasteiger partial charge is 0.276 e. The normalized spacial score (nSPS) is 14.1. The second-order valence-electron chi connectivity index (χ2n) is 9.28. The molecular weight excluding hydrogens is 464 g/mol. The van der Waals surface area contributed by atoms with Crippen molar-refractivity contribution in [2.24, 2.45) is 5.92 Å². The van der Waals surface area contributed by atoms with Crippen LogP contribution in [0.4, 0.5) is 11.5 Å². The monoisotopic (exact) mass is 490 g/mol. The van der Waals surface area contributed by atoms with Crippen LogP contribution in [-0.4, -0.2) is 49.0 Å². The van der Waals surface area contributed by atoms with Gasteiger partial charge in [-0.05, 0) is 67.1 Å². The van der Waals surface area contributed by atoms with Gasteiger partial charge in [-0.15, -0.1) is 20.4 Å². The SMILES string of the molecule is O=C(Nc1cccc(-c2ccc3nncn3n2)c1)c1ccc(N2CCC(Cc3ccccc3)CC2)nn1. The molecule has 3 aromatic heterocycles. The van der Waals surface area contributed by atoms with E-state index in [0.717, 1.165) is 49.4 Å².